The summed E-state index contributed by atoms with van der Waals surface area (Å²) in [5.41, 5.74) is 10.4. The van der Waals surface area contributed by atoms with Crippen LogP contribution in [0.3, 0.4) is 0 Å². The van der Waals surface area contributed by atoms with Crippen LogP contribution in [-0.2, 0) is 11.3 Å². The first-order chi connectivity index (χ1) is 15.5. The Bertz CT molecular complexity index is 1290. The molecule has 8 nitrogen and oxygen atoms in total. The van der Waals surface area contributed by atoms with Gasteiger partial charge in [0.05, 0.1) is 16.9 Å². The highest BCUT2D eigenvalue weighted by molar-refractivity contribution is 6.30. The van der Waals surface area contributed by atoms with Gasteiger partial charge >= 0.3 is 0 Å². The van der Waals surface area contributed by atoms with E-state index in [4.69, 9.17) is 22.4 Å². The third-order valence-corrected chi connectivity index (χ3v) is 5.76. The van der Waals surface area contributed by atoms with Crippen molar-refractivity contribution in [2.75, 3.05) is 23.4 Å². The number of rotatable bonds is 5. The summed E-state index contributed by atoms with van der Waals surface area (Å²) in [5, 5.41) is 5.41. The van der Waals surface area contributed by atoms with E-state index in [9.17, 15) is 4.79 Å². The molecule has 0 bridgehead atoms. The molecule has 1 aliphatic heterocycles. The Labute approximate surface area is 190 Å². The second-order valence-electron chi connectivity index (χ2n) is 7.99. The first kappa shape index (κ1) is 20.4. The van der Waals surface area contributed by atoms with Gasteiger partial charge in [0.2, 0.25) is 5.91 Å². The molecule has 3 aromatic heterocycles. The molecular weight excluding hydrogens is 426 g/mol. The van der Waals surface area contributed by atoms with Crippen LogP contribution < -0.4 is 15.5 Å². The maximum absolute atomic E-state index is 12.1. The fourth-order valence-corrected chi connectivity index (χ4v) is 4.15. The topological polar surface area (TPSA) is 92.6 Å². The molecule has 32 heavy (non-hydrogen) atoms. The van der Waals surface area contributed by atoms with Gasteiger partial charge in [-0.1, -0.05) is 23.7 Å². The van der Waals surface area contributed by atoms with Crippen molar-refractivity contribution in [1.82, 2.24) is 19.6 Å². The predicted octanol–water partition coefficient (Wildman–Crippen LogP) is 3.15. The molecule has 4 heterocycles. The van der Waals surface area contributed by atoms with Crippen molar-refractivity contribution in [3.8, 4) is 11.3 Å². The molecule has 1 amide bonds. The molecule has 1 fully saturated rings. The first-order valence-corrected chi connectivity index (χ1v) is 10.7. The van der Waals surface area contributed by atoms with Gasteiger partial charge in [-0.05, 0) is 35.9 Å². The number of aromatic nitrogens is 4. The maximum atomic E-state index is 12.1. The molecule has 162 valence electrons. The Morgan fingerprint density at radius 1 is 1.16 bits per heavy atom. The van der Waals surface area contributed by atoms with Crippen LogP contribution in [0.4, 0.5) is 11.5 Å². The number of nitrogens with two attached hydrogens (primary N) is 1. The fourth-order valence-electron chi connectivity index (χ4n) is 3.96. The van der Waals surface area contributed by atoms with Gasteiger partial charge in [0, 0.05) is 56.2 Å². The molecule has 4 aromatic rings. The highest BCUT2D eigenvalue weighted by Gasteiger charge is 2.28. The van der Waals surface area contributed by atoms with Crippen molar-refractivity contribution < 1.29 is 4.79 Å². The van der Waals surface area contributed by atoms with Gasteiger partial charge in [-0.15, -0.1) is 5.10 Å². The van der Waals surface area contributed by atoms with Crippen LogP contribution in [0.25, 0.3) is 16.9 Å². The van der Waals surface area contributed by atoms with Gasteiger partial charge < -0.3 is 15.5 Å². The van der Waals surface area contributed by atoms with Gasteiger partial charge in [0.15, 0.2) is 5.65 Å². The molecule has 1 saturated heterocycles. The van der Waals surface area contributed by atoms with E-state index >= 15 is 0 Å². The lowest BCUT2D eigenvalue weighted by Gasteiger charge is -2.18. The van der Waals surface area contributed by atoms with Crippen LogP contribution >= 0.6 is 11.6 Å². The summed E-state index contributed by atoms with van der Waals surface area (Å²) in [4.78, 5) is 24.5. The molecule has 1 aromatic carbocycles. The Hall–Kier alpha value is -3.49. The number of hydrogen-bond acceptors (Lipinski definition) is 6. The van der Waals surface area contributed by atoms with E-state index < -0.39 is 0 Å². The Morgan fingerprint density at radius 2 is 1.97 bits per heavy atom. The number of nitrogens with zero attached hydrogens (tertiary/aromatic N) is 6. The van der Waals surface area contributed by atoms with Crippen molar-refractivity contribution >= 4 is 34.7 Å². The lowest BCUT2D eigenvalue weighted by molar-refractivity contribution is -0.117. The largest absolute Gasteiger partial charge is 0.354 e. The highest BCUT2D eigenvalue weighted by atomic mass is 35.5. The molecule has 5 rings (SSSR count). The number of hydrogen-bond donors (Lipinski definition) is 1. The van der Waals surface area contributed by atoms with Crippen LogP contribution in [0, 0.1) is 0 Å². The Kier molecular flexibility index (Phi) is 5.24. The van der Waals surface area contributed by atoms with Crippen LogP contribution in [0.5, 0.6) is 0 Å². The quantitative estimate of drug-likeness (QED) is 0.505. The molecule has 0 saturated carbocycles. The minimum atomic E-state index is -0.108. The Balaban J connectivity index is 1.42. The van der Waals surface area contributed by atoms with Gasteiger partial charge in [-0.25, -0.2) is 9.50 Å². The summed E-state index contributed by atoms with van der Waals surface area (Å²) >= 11 is 6.06. The van der Waals surface area contributed by atoms with Crippen molar-refractivity contribution in [3.05, 3.63) is 71.6 Å². The van der Waals surface area contributed by atoms with Gasteiger partial charge in [-0.3, -0.25) is 9.78 Å². The average molecular weight is 448 g/mol. The zero-order valence-corrected chi connectivity index (χ0v) is 18.3. The van der Waals surface area contributed by atoms with Crippen molar-refractivity contribution in [1.29, 1.82) is 0 Å². The van der Waals surface area contributed by atoms with Crippen LogP contribution in [0.15, 0.2) is 61.1 Å². The second-order valence-corrected chi connectivity index (χ2v) is 8.42. The van der Waals surface area contributed by atoms with E-state index in [0.717, 1.165) is 34.0 Å². The zero-order chi connectivity index (χ0) is 22.2. The monoisotopic (exact) mass is 447 g/mol. The number of benzene rings is 1. The fraction of sp³-hybridized carbons (Fsp3) is 0.217. The van der Waals surface area contributed by atoms with Crippen LogP contribution in [-0.4, -0.2) is 45.1 Å². The van der Waals surface area contributed by atoms with E-state index in [1.165, 1.54) is 0 Å². The van der Waals surface area contributed by atoms with E-state index in [2.05, 4.69) is 9.97 Å². The summed E-state index contributed by atoms with van der Waals surface area (Å²) in [6.07, 6.45) is 5.61. The molecule has 1 aliphatic rings. The summed E-state index contributed by atoms with van der Waals surface area (Å²) < 4.78 is 1.83. The third-order valence-electron chi connectivity index (χ3n) is 5.55. The lowest BCUT2D eigenvalue weighted by atomic mass is 10.1. The number of anilines is 2. The van der Waals surface area contributed by atoms with E-state index in [0.29, 0.717) is 24.5 Å². The molecule has 9 heteroatoms. The standard InChI is InChI=1S/C23H22ClN7O/c1-29(13-15-8-17(24)11-26-10-15)22-7-6-21-27-12-20(31(21)28-22)16-2-4-19(5-3-16)30-14-18(25)9-23(30)32/h2-8,10-12,18H,9,13-14,25H2,1H3/t18-/m0/s1. The van der Waals surface area contributed by atoms with Crippen molar-refractivity contribution in [2.24, 2.45) is 5.73 Å². The molecular formula is C23H22ClN7O. The SMILES string of the molecule is CN(Cc1cncc(Cl)c1)c1ccc2ncc(-c3ccc(N4C[C@@H](N)CC4=O)cc3)n2n1. The van der Waals surface area contributed by atoms with Crippen molar-refractivity contribution in [2.45, 2.75) is 19.0 Å². The molecule has 0 unspecified atom stereocenters. The first-order valence-electron chi connectivity index (χ1n) is 10.3. The minimum absolute atomic E-state index is 0.0595. The summed E-state index contributed by atoms with van der Waals surface area (Å²) in [7, 11) is 1.97. The van der Waals surface area contributed by atoms with E-state index in [1.54, 1.807) is 23.5 Å². The lowest BCUT2D eigenvalue weighted by Crippen LogP contribution is -2.27. The third kappa shape index (κ3) is 3.90. The van der Waals surface area contributed by atoms with Gasteiger partial charge in [0.1, 0.15) is 5.82 Å². The molecule has 0 spiro atoms. The normalized spacial score (nSPS) is 16.2. The van der Waals surface area contributed by atoms with Crippen molar-refractivity contribution in [3.63, 3.8) is 0 Å². The average Bonchev–Trinajstić information content (AvgIpc) is 3.35. The van der Waals surface area contributed by atoms with Gasteiger partial charge in [0.25, 0.3) is 0 Å². The Morgan fingerprint density at radius 3 is 2.69 bits per heavy atom. The maximum Gasteiger partial charge on any atom is 0.228 e. The van der Waals surface area contributed by atoms with E-state index in [1.807, 2.05) is 58.9 Å². The smallest absolute Gasteiger partial charge is 0.228 e. The minimum Gasteiger partial charge on any atom is -0.354 e. The summed E-state index contributed by atoms with van der Waals surface area (Å²) in [5.74, 6) is 0.856. The van der Waals surface area contributed by atoms with Crippen LogP contribution in [0.1, 0.15) is 12.0 Å². The van der Waals surface area contributed by atoms with Gasteiger partial charge in [-0.2, -0.15) is 0 Å². The second kappa shape index (κ2) is 8.22. The number of carbonyl (C=O) groups is 1. The number of carbonyl (C=O) groups excluding carboxylic acids is 1. The summed E-state index contributed by atoms with van der Waals surface area (Å²) in [6.45, 7) is 1.17. The molecule has 1 atom stereocenters. The zero-order valence-electron chi connectivity index (χ0n) is 17.5. The van der Waals surface area contributed by atoms with E-state index in [-0.39, 0.29) is 11.9 Å². The summed E-state index contributed by atoms with van der Waals surface area (Å²) in [6, 6.07) is 13.5. The molecule has 0 aliphatic carbocycles. The number of amides is 1. The number of imidazole rings is 1. The highest BCUT2D eigenvalue weighted by Crippen LogP contribution is 2.27. The number of pyridine rings is 1. The number of halogens is 1. The molecule has 0 radical (unpaired) electrons. The van der Waals surface area contributed by atoms with Crippen LogP contribution in [0.2, 0.25) is 5.02 Å². The number of fused-ring (bicyclic) bond motifs is 1. The predicted molar refractivity (Wildman–Crippen MR) is 125 cm³/mol. The molecule has 2 N–H and O–H groups in total.